The van der Waals surface area contributed by atoms with Gasteiger partial charge in [0.2, 0.25) is 17.6 Å². The number of carbonyl (C=O) groups is 1. The summed E-state index contributed by atoms with van der Waals surface area (Å²) in [6.07, 6.45) is 3.48. The van der Waals surface area contributed by atoms with Crippen LogP contribution in [-0.2, 0) is 4.79 Å². The number of aromatic nitrogens is 4. The number of nitrogens with zero attached hydrogens (tertiary/aromatic N) is 4. The van der Waals surface area contributed by atoms with Gasteiger partial charge in [0.15, 0.2) is 0 Å². The number of hydrogen-bond acceptors (Lipinski definition) is 6. The van der Waals surface area contributed by atoms with Crippen LogP contribution >= 0.6 is 23.4 Å². The third-order valence-corrected chi connectivity index (χ3v) is 5.87. The molecule has 0 aliphatic heterocycles. The SMILES string of the molecule is Cc1ccc(NC(=O)CSC(C)c2nc(-c3cnn(-c4cccc(Cl)c4)c3)no2)cc1. The summed E-state index contributed by atoms with van der Waals surface area (Å²) in [6.45, 7) is 3.93. The molecule has 1 amide bonds. The number of halogens is 1. The molecule has 1 unspecified atom stereocenters. The van der Waals surface area contributed by atoms with Crippen LogP contribution in [-0.4, -0.2) is 31.6 Å². The lowest BCUT2D eigenvalue weighted by Crippen LogP contribution is -2.14. The number of benzene rings is 2. The number of amides is 1. The Hall–Kier alpha value is -3.10. The van der Waals surface area contributed by atoms with E-state index in [1.165, 1.54) is 11.8 Å². The van der Waals surface area contributed by atoms with E-state index in [4.69, 9.17) is 16.1 Å². The van der Waals surface area contributed by atoms with Crippen LogP contribution in [0, 0.1) is 6.92 Å². The molecular weight excluding hydrogens is 434 g/mol. The van der Waals surface area contributed by atoms with Crippen LogP contribution in [0.1, 0.15) is 23.6 Å². The fraction of sp³-hybridized carbons (Fsp3) is 0.182. The van der Waals surface area contributed by atoms with Gasteiger partial charge in [0.1, 0.15) is 0 Å². The second kappa shape index (κ2) is 9.36. The van der Waals surface area contributed by atoms with E-state index >= 15 is 0 Å². The number of nitrogens with one attached hydrogen (secondary N) is 1. The van der Waals surface area contributed by atoms with E-state index in [9.17, 15) is 4.79 Å². The largest absolute Gasteiger partial charge is 0.338 e. The molecule has 0 radical (unpaired) electrons. The van der Waals surface area contributed by atoms with Crippen molar-refractivity contribution in [2.45, 2.75) is 19.1 Å². The molecule has 0 aliphatic carbocycles. The van der Waals surface area contributed by atoms with Crippen LogP contribution in [0.4, 0.5) is 5.69 Å². The minimum atomic E-state index is -0.131. The topological polar surface area (TPSA) is 85.8 Å². The van der Waals surface area contributed by atoms with Gasteiger partial charge in [-0.15, -0.1) is 11.8 Å². The molecule has 31 heavy (non-hydrogen) atoms. The van der Waals surface area contributed by atoms with Crippen LogP contribution < -0.4 is 5.32 Å². The van der Waals surface area contributed by atoms with Gasteiger partial charge in [-0.3, -0.25) is 4.79 Å². The summed E-state index contributed by atoms with van der Waals surface area (Å²) in [6, 6.07) is 15.1. The maximum absolute atomic E-state index is 12.2. The molecule has 2 heterocycles. The molecule has 0 spiro atoms. The van der Waals surface area contributed by atoms with E-state index < -0.39 is 0 Å². The first kappa shape index (κ1) is 21.1. The molecule has 9 heteroatoms. The van der Waals surface area contributed by atoms with Gasteiger partial charge in [-0.2, -0.15) is 10.1 Å². The molecule has 7 nitrogen and oxygen atoms in total. The molecule has 0 bridgehead atoms. The summed E-state index contributed by atoms with van der Waals surface area (Å²) in [5.74, 6) is 1.10. The van der Waals surface area contributed by atoms with E-state index in [-0.39, 0.29) is 16.9 Å². The van der Waals surface area contributed by atoms with Crippen molar-refractivity contribution in [1.82, 2.24) is 19.9 Å². The second-order valence-corrected chi connectivity index (χ2v) is 8.74. The quantitative estimate of drug-likeness (QED) is 0.407. The summed E-state index contributed by atoms with van der Waals surface area (Å²) in [5, 5.41) is 11.8. The molecule has 0 saturated heterocycles. The van der Waals surface area contributed by atoms with Crippen molar-refractivity contribution < 1.29 is 9.32 Å². The number of hydrogen-bond donors (Lipinski definition) is 1. The van der Waals surface area contributed by atoms with Crippen molar-refractivity contribution >= 4 is 35.0 Å². The first-order chi connectivity index (χ1) is 15.0. The summed E-state index contributed by atoms with van der Waals surface area (Å²) in [7, 11) is 0. The zero-order valence-corrected chi connectivity index (χ0v) is 18.5. The zero-order valence-electron chi connectivity index (χ0n) is 16.9. The fourth-order valence-corrected chi connectivity index (χ4v) is 3.72. The van der Waals surface area contributed by atoms with Crippen molar-refractivity contribution in [3.8, 4) is 17.1 Å². The fourth-order valence-electron chi connectivity index (χ4n) is 2.82. The molecule has 0 fully saturated rings. The van der Waals surface area contributed by atoms with Crippen LogP contribution in [0.25, 0.3) is 17.1 Å². The normalized spacial score (nSPS) is 12.0. The highest BCUT2D eigenvalue weighted by molar-refractivity contribution is 8.00. The summed E-state index contributed by atoms with van der Waals surface area (Å²) >= 11 is 7.48. The average Bonchev–Trinajstić information content (AvgIpc) is 3.43. The number of carbonyl (C=O) groups excluding carboxylic acids is 1. The van der Waals surface area contributed by atoms with Gasteiger partial charge in [-0.25, -0.2) is 4.68 Å². The van der Waals surface area contributed by atoms with Gasteiger partial charge in [0, 0.05) is 16.9 Å². The minimum Gasteiger partial charge on any atom is -0.338 e. The summed E-state index contributed by atoms with van der Waals surface area (Å²) < 4.78 is 7.11. The zero-order chi connectivity index (χ0) is 21.8. The molecule has 2 aromatic carbocycles. The van der Waals surface area contributed by atoms with Crippen LogP contribution in [0.3, 0.4) is 0 Å². The van der Waals surface area contributed by atoms with E-state index in [1.807, 2.05) is 62.5 Å². The van der Waals surface area contributed by atoms with Crippen molar-refractivity contribution in [1.29, 1.82) is 0 Å². The third kappa shape index (κ3) is 5.34. The Balaban J connectivity index is 1.36. The maximum Gasteiger partial charge on any atom is 0.239 e. The number of aryl methyl sites for hydroxylation is 1. The Morgan fingerprint density at radius 2 is 2.06 bits per heavy atom. The first-order valence-electron chi connectivity index (χ1n) is 9.60. The summed E-state index contributed by atoms with van der Waals surface area (Å²) in [5.41, 5.74) is 3.49. The van der Waals surface area contributed by atoms with E-state index in [0.29, 0.717) is 16.7 Å². The van der Waals surface area contributed by atoms with Gasteiger partial charge < -0.3 is 9.84 Å². The minimum absolute atomic E-state index is 0.0803. The van der Waals surface area contributed by atoms with E-state index in [0.717, 1.165) is 22.5 Å². The molecular formula is C22H20ClN5O2S. The highest BCUT2D eigenvalue weighted by Gasteiger charge is 2.18. The van der Waals surface area contributed by atoms with Crippen LogP contribution in [0.5, 0.6) is 0 Å². The third-order valence-electron chi connectivity index (χ3n) is 4.50. The number of anilines is 1. The molecule has 1 N–H and O–H groups in total. The molecule has 4 rings (SSSR count). The number of rotatable bonds is 7. The highest BCUT2D eigenvalue weighted by Crippen LogP contribution is 2.29. The highest BCUT2D eigenvalue weighted by atomic mass is 35.5. The Labute approximate surface area is 188 Å². The molecule has 1 atom stereocenters. The van der Waals surface area contributed by atoms with Gasteiger partial charge in [0.25, 0.3) is 0 Å². The van der Waals surface area contributed by atoms with Crippen molar-refractivity contribution in [2.75, 3.05) is 11.1 Å². The molecule has 0 saturated carbocycles. The standard InChI is InChI=1S/C22H20ClN5O2S/c1-14-6-8-18(9-7-14)25-20(29)13-31-15(2)22-26-21(27-30-22)16-11-24-28(12-16)19-5-3-4-17(23)10-19/h3-12,15H,13H2,1-2H3,(H,25,29). The first-order valence-corrected chi connectivity index (χ1v) is 11.0. The Morgan fingerprint density at radius 3 is 2.84 bits per heavy atom. The monoisotopic (exact) mass is 453 g/mol. The number of thioether (sulfide) groups is 1. The molecule has 158 valence electrons. The van der Waals surface area contributed by atoms with Gasteiger partial charge in [0.05, 0.1) is 28.5 Å². The lowest BCUT2D eigenvalue weighted by molar-refractivity contribution is -0.113. The smallest absolute Gasteiger partial charge is 0.239 e. The van der Waals surface area contributed by atoms with Crippen LogP contribution in [0.2, 0.25) is 5.02 Å². The molecule has 4 aromatic rings. The molecule has 2 aromatic heterocycles. The lowest BCUT2D eigenvalue weighted by atomic mass is 10.2. The maximum atomic E-state index is 12.2. The average molecular weight is 454 g/mol. The Kier molecular flexibility index (Phi) is 6.39. The van der Waals surface area contributed by atoms with Crippen molar-refractivity contribution in [3.05, 3.63) is 77.4 Å². The Bertz CT molecular complexity index is 1190. The van der Waals surface area contributed by atoms with Crippen LogP contribution in [0.15, 0.2) is 65.4 Å². The van der Waals surface area contributed by atoms with Crippen molar-refractivity contribution in [3.63, 3.8) is 0 Å². The second-order valence-electron chi connectivity index (χ2n) is 6.98. The summed E-state index contributed by atoms with van der Waals surface area (Å²) in [4.78, 5) is 16.7. The lowest BCUT2D eigenvalue weighted by Gasteiger charge is -2.08. The Morgan fingerprint density at radius 1 is 1.26 bits per heavy atom. The van der Waals surface area contributed by atoms with E-state index in [1.54, 1.807) is 16.9 Å². The molecule has 0 aliphatic rings. The van der Waals surface area contributed by atoms with Crippen molar-refractivity contribution in [2.24, 2.45) is 0 Å². The van der Waals surface area contributed by atoms with Gasteiger partial charge in [-0.05, 0) is 44.2 Å². The van der Waals surface area contributed by atoms with E-state index in [2.05, 4.69) is 20.6 Å². The van der Waals surface area contributed by atoms with Gasteiger partial charge >= 0.3 is 0 Å². The predicted molar refractivity (Wildman–Crippen MR) is 123 cm³/mol. The van der Waals surface area contributed by atoms with Gasteiger partial charge in [-0.1, -0.05) is 40.5 Å². The predicted octanol–water partition coefficient (Wildman–Crippen LogP) is 5.32.